The monoisotopic (exact) mass is 400 g/mol. The van der Waals surface area contributed by atoms with Crippen molar-refractivity contribution in [2.75, 3.05) is 13.6 Å². The van der Waals surface area contributed by atoms with Crippen LogP contribution >= 0.6 is 38.9 Å². The first-order chi connectivity index (χ1) is 10.4. The molecule has 0 fully saturated rings. The van der Waals surface area contributed by atoms with Crippen LogP contribution in [0.5, 0.6) is 0 Å². The summed E-state index contributed by atoms with van der Waals surface area (Å²) in [6, 6.07) is 11.6. The number of nitrogens with zero attached hydrogens (tertiary/aromatic N) is 1. The molecule has 0 unspecified atom stereocenters. The summed E-state index contributed by atoms with van der Waals surface area (Å²) in [7, 11) is 1.94. The number of likely N-dealkylation sites (N-methyl/N-ethyl adjacent to an activating group) is 1. The minimum absolute atomic E-state index is 0.0144. The summed E-state index contributed by atoms with van der Waals surface area (Å²) in [5.74, 6) is 0.0144. The van der Waals surface area contributed by atoms with E-state index in [1.54, 1.807) is 11.3 Å². The molecule has 0 aliphatic rings. The zero-order chi connectivity index (χ0) is 16.1. The van der Waals surface area contributed by atoms with Gasteiger partial charge in [-0.15, -0.1) is 11.3 Å². The molecule has 0 spiro atoms. The van der Waals surface area contributed by atoms with Crippen molar-refractivity contribution in [3.8, 4) is 0 Å². The van der Waals surface area contributed by atoms with Crippen LogP contribution in [0.3, 0.4) is 0 Å². The molecule has 0 aliphatic carbocycles. The normalized spacial score (nSPS) is 12.4. The molecule has 0 bridgehead atoms. The number of hydrogen-bond donors (Lipinski definition) is 1. The van der Waals surface area contributed by atoms with Crippen LogP contribution in [0, 0.1) is 0 Å². The Bertz CT molecular complexity index is 629. The lowest BCUT2D eigenvalue weighted by molar-refractivity contribution is -0.122. The van der Waals surface area contributed by atoms with Gasteiger partial charge in [0.15, 0.2) is 0 Å². The first kappa shape index (κ1) is 17.5. The van der Waals surface area contributed by atoms with Gasteiger partial charge in [-0.25, -0.2) is 0 Å². The fraction of sp³-hybridized carbons (Fsp3) is 0.312. The Balaban J connectivity index is 1.82. The Kier molecular flexibility index (Phi) is 6.44. The number of thiophene rings is 1. The zero-order valence-corrected chi connectivity index (χ0v) is 15.6. The average Bonchev–Trinajstić information content (AvgIpc) is 2.84. The molecular weight excluding hydrogens is 384 g/mol. The molecule has 6 heteroatoms. The predicted octanol–water partition coefficient (Wildman–Crippen LogP) is 4.47. The standard InChI is InChI=1S/C16H18BrClN2OS/c1-11(12-3-5-13(18)6-4-12)19-16(21)10-20(2)9-14-7-8-15(17)22-14/h3-8,11H,9-10H2,1-2H3,(H,19,21)/t11-/m0/s1. The number of carbonyl (C=O) groups is 1. The van der Waals surface area contributed by atoms with Gasteiger partial charge in [-0.05, 0) is 59.7 Å². The van der Waals surface area contributed by atoms with Crippen molar-refractivity contribution in [3.05, 3.63) is 55.6 Å². The first-order valence-electron chi connectivity index (χ1n) is 6.91. The van der Waals surface area contributed by atoms with Gasteiger partial charge in [0.1, 0.15) is 0 Å². The molecular formula is C16H18BrClN2OS. The summed E-state index contributed by atoms with van der Waals surface area (Å²) in [5.41, 5.74) is 1.04. The molecule has 0 saturated heterocycles. The molecule has 2 aromatic rings. The number of benzene rings is 1. The summed E-state index contributed by atoms with van der Waals surface area (Å²) in [6.45, 7) is 3.10. The first-order valence-corrected chi connectivity index (χ1v) is 8.90. The second-order valence-corrected chi connectivity index (χ2v) is 8.20. The topological polar surface area (TPSA) is 32.3 Å². The SMILES string of the molecule is C[C@H](NC(=O)CN(C)Cc1ccc(Br)s1)c1ccc(Cl)cc1. The van der Waals surface area contributed by atoms with Crippen molar-refractivity contribution < 1.29 is 4.79 Å². The van der Waals surface area contributed by atoms with Crippen LogP contribution in [0.4, 0.5) is 0 Å². The van der Waals surface area contributed by atoms with Gasteiger partial charge in [0.25, 0.3) is 0 Å². The third-order valence-electron chi connectivity index (χ3n) is 3.22. The summed E-state index contributed by atoms with van der Waals surface area (Å²) in [5, 5.41) is 3.71. The van der Waals surface area contributed by atoms with Crippen LogP contribution in [0.1, 0.15) is 23.4 Å². The number of rotatable bonds is 6. The van der Waals surface area contributed by atoms with Gasteiger partial charge in [-0.1, -0.05) is 23.7 Å². The molecule has 1 atom stereocenters. The molecule has 0 saturated carbocycles. The average molecular weight is 402 g/mol. The van der Waals surface area contributed by atoms with Gasteiger partial charge >= 0.3 is 0 Å². The molecule has 1 aromatic carbocycles. The van der Waals surface area contributed by atoms with E-state index in [1.807, 2.05) is 49.2 Å². The van der Waals surface area contributed by atoms with Gasteiger partial charge in [-0.3, -0.25) is 9.69 Å². The van der Waals surface area contributed by atoms with Gasteiger partial charge in [0.05, 0.1) is 16.4 Å². The number of hydrogen-bond acceptors (Lipinski definition) is 3. The molecule has 1 N–H and O–H groups in total. The Labute approximate surface area is 148 Å². The van der Waals surface area contributed by atoms with Crippen molar-refractivity contribution in [3.63, 3.8) is 0 Å². The van der Waals surface area contributed by atoms with E-state index in [2.05, 4.69) is 27.3 Å². The Morgan fingerprint density at radius 3 is 2.59 bits per heavy atom. The van der Waals surface area contributed by atoms with Gasteiger partial charge in [0, 0.05) is 16.4 Å². The maximum absolute atomic E-state index is 12.1. The quantitative estimate of drug-likeness (QED) is 0.774. The van der Waals surface area contributed by atoms with E-state index in [9.17, 15) is 4.79 Å². The molecule has 22 heavy (non-hydrogen) atoms. The van der Waals surface area contributed by atoms with Crippen LogP contribution in [0.15, 0.2) is 40.2 Å². The molecule has 2 rings (SSSR count). The van der Waals surface area contributed by atoms with Crippen LogP contribution in [-0.2, 0) is 11.3 Å². The van der Waals surface area contributed by atoms with E-state index in [0.717, 1.165) is 15.9 Å². The third kappa shape index (κ3) is 5.39. The van der Waals surface area contributed by atoms with Gasteiger partial charge < -0.3 is 5.32 Å². The maximum Gasteiger partial charge on any atom is 0.234 e. The van der Waals surface area contributed by atoms with Crippen molar-refractivity contribution in [2.45, 2.75) is 19.5 Å². The summed E-state index contributed by atoms with van der Waals surface area (Å²) >= 11 is 11.0. The van der Waals surface area contributed by atoms with Crippen LogP contribution < -0.4 is 5.32 Å². The van der Waals surface area contributed by atoms with E-state index in [-0.39, 0.29) is 11.9 Å². The van der Waals surface area contributed by atoms with Crippen LogP contribution in [0.2, 0.25) is 5.02 Å². The van der Waals surface area contributed by atoms with Crippen molar-refractivity contribution in [1.29, 1.82) is 0 Å². The van der Waals surface area contributed by atoms with Crippen LogP contribution in [-0.4, -0.2) is 24.4 Å². The van der Waals surface area contributed by atoms with E-state index < -0.39 is 0 Å². The smallest absolute Gasteiger partial charge is 0.234 e. The fourth-order valence-electron chi connectivity index (χ4n) is 2.13. The number of halogens is 2. The summed E-state index contributed by atoms with van der Waals surface area (Å²) in [4.78, 5) is 15.3. The molecule has 0 aliphatic heterocycles. The van der Waals surface area contributed by atoms with Crippen molar-refractivity contribution in [1.82, 2.24) is 10.2 Å². The van der Waals surface area contributed by atoms with Gasteiger partial charge in [0.2, 0.25) is 5.91 Å². The van der Waals surface area contributed by atoms with Crippen molar-refractivity contribution >= 4 is 44.8 Å². The second kappa shape index (κ2) is 8.11. The third-order valence-corrected chi connectivity index (χ3v) is 5.08. The van der Waals surface area contributed by atoms with E-state index in [0.29, 0.717) is 11.6 Å². The lowest BCUT2D eigenvalue weighted by Crippen LogP contribution is -2.36. The Morgan fingerprint density at radius 2 is 2.00 bits per heavy atom. The van der Waals surface area contributed by atoms with Crippen molar-refractivity contribution in [2.24, 2.45) is 0 Å². The predicted molar refractivity (Wildman–Crippen MR) is 96.4 cm³/mol. The molecule has 1 aromatic heterocycles. The maximum atomic E-state index is 12.1. The van der Waals surface area contributed by atoms with E-state index in [1.165, 1.54) is 4.88 Å². The lowest BCUT2D eigenvalue weighted by Gasteiger charge is -2.18. The number of carbonyl (C=O) groups excluding carboxylic acids is 1. The highest BCUT2D eigenvalue weighted by molar-refractivity contribution is 9.11. The molecule has 3 nitrogen and oxygen atoms in total. The van der Waals surface area contributed by atoms with E-state index in [4.69, 9.17) is 11.6 Å². The highest BCUT2D eigenvalue weighted by Crippen LogP contribution is 2.23. The molecule has 1 amide bonds. The van der Waals surface area contributed by atoms with E-state index >= 15 is 0 Å². The molecule has 1 heterocycles. The summed E-state index contributed by atoms with van der Waals surface area (Å²) in [6.07, 6.45) is 0. The highest BCUT2D eigenvalue weighted by atomic mass is 79.9. The minimum Gasteiger partial charge on any atom is -0.348 e. The van der Waals surface area contributed by atoms with Gasteiger partial charge in [-0.2, -0.15) is 0 Å². The largest absolute Gasteiger partial charge is 0.348 e. The summed E-state index contributed by atoms with van der Waals surface area (Å²) < 4.78 is 1.11. The molecule has 118 valence electrons. The number of amides is 1. The minimum atomic E-state index is -0.0333. The number of nitrogens with one attached hydrogen (secondary N) is 1. The Hall–Kier alpha value is -0.880. The highest BCUT2D eigenvalue weighted by Gasteiger charge is 2.12. The van der Waals surface area contributed by atoms with Crippen LogP contribution in [0.25, 0.3) is 0 Å². The zero-order valence-electron chi connectivity index (χ0n) is 12.5. The molecule has 0 radical (unpaired) electrons. The second-order valence-electron chi connectivity index (χ2n) is 5.22. The lowest BCUT2D eigenvalue weighted by atomic mass is 10.1. The Morgan fingerprint density at radius 1 is 1.32 bits per heavy atom. The fourth-order valence-corrected chi connectivity index (χ4v) is 3.82.